The molecule has 0 atom stereocenters. The van der Waals surface area contributed by atoms with Gasteiger partial charge in [-0.1, -0.05) is 19.9 Å². The molecule has 0 aliphatic carbocycles. The van der Waals surface area contributed by atoms with Crippen LogP contribution in [0.5, 0.6) is 0 Å². The molecule has 114 valence electrons. The number of pyridine rings is 1. The van der Waals surface area contributed by atoms with Crippen molar-refractivity contribution in [2.24, 2.45) is 5.41 Å². The van der Waals surface area contributed by atoms with Gasteiger partial charge in [0.1, 0.15) is 0 Å². The van der Waals surface area contributed by atoms with Gasteiger partial charge in [-0.25, -0.2) is 13.1 Å². The second kappa shape index (κ2) is 7.71. The Bertz CT molecular complexity index is 476. The van der Waals surface area contributed by atoms with E-state index in [1.54, 1.807) is 12.3 Å². The molecule has 1 aromatic rings. The Hall–Kier alpha value is -0.980. The molecule has 0 unspecified atom stereocenters. The lowest BCUT2D eigenvalue weighted by Crippen LogP contribution is -2.40. The first kappa shape index (κ1) is 17.1. The molecule has 6 heteroatoms. The largest absolute Gasteiger partial charge is 0.396 e. The molecule has 0 spiro atoms. The molecule has 0 aliphatic heterocycles. The predicted molar refractivity (Wildman–Crippen MR) is 79.8 cm³/mol. The van der Waals surface area contributed by atoms with Crippen LogP contribution in [0.1, 0.15) is 32.4 Å². The van der Waals surface area contributed by atoms with Gasteiger partial charge < -0.3 is 5.11 Å². The molecule has 0 fully saturated rings. The Morgan fingerprint density at radius 2 is 2.00 bits per heavy atom. The molecule has 0 bridgehead atoms. The molecule has 0 saturated heterocycles. The van der Waals surface area contributed by atoms with Crippen LogP contribution in [0.4, 0.5) is 0 Å². The van der Waals surface area contributed by atoms with Crippen LogP contribution in [0.25, 0.3) is 0 Å². The van der Waals surface area contributed by atoms with Crippen molar-refractivity contribution in [1.29, 1.82) is 0 Å². The number of aliphatic hydroxyl groups is 1. The van der Waals surface area contributed by atoms with Crippen molar-refractivity contribution in [3.05, 3.63) is 30.1 Å². The molecule has 0 aromatic carbocycles. The van der Waals surface area contributed by atoms with E-state index >= 15 is 0 Å². The smallest absolute Gasteiger partial charge is 0.211 e. The minimum Gasteiger partial charge on any atom is -0.396 e. The van der Waals surface area contributed by atoms with E-state index in [0.29, 0.717) is 6.42 Å². The van der Waals surface area contributed by atoms with E-state index in [0.717, 1.165) is 18.5 Å². The van der Waals surface area contributed by atoms with E-state index in [-0.39, 0.29) is 24.3 Å². The first-order chi connectivity index (χ1) is 9.47. The third-order valence-corrected chi connectivity index (χ3v) is 5.18. The zero-order valence-corrected chi connectivity index (χ0v) is 13.0. The van der Waals surface area contributed by atoms with Crippen molar-refractivity contribution in [3.8, 4) is 0 Å². The minimum absolute atomic E-state index is 0.0111. The van der Waals surface area contributed by atoms with Gasteiger partial charge in [0.25, 0.3) is 0 Å². The first-order valence-corrected chi connectivity index (χ1v) is 8.60. The average molecular weight is 300 g/mol. The SMILES string of the molecule is CCC(CC)(CO)CNS(=O)(=O)CCc1ccccn1. The van der Waals surface area contributed by atoms with Gasteiger partial charge in [0, 0.05) is 36.9 Å². The molecule has 20 heavy (non-hydrogen) atoms. The quantitative estimate of drug-likeness (QED) is 0.721. The summed E-state index contributed by atoms with van der Waals surface area (Å²) in [6.07, 6.45) is 3.52. The number of nitrogens with one attached hydrogen (secondary N) is 1. The predicted octanol–water partition coefficient (Wildman–Crippen LogP) is 1.34. The summed E-state index contributed by atoms with van der Waals surface area (Å²) in [7, 11) is -3.34. The van der Waals surface area contributed by atoms with Crippen molar-refractivity contribution < 1.29 is 13.5 Å². The van der Waals surface area contributed by atoms with Crippen molar-refractivity contribution in [2.75, 3.05) is 18.9 Å². The molecule has 1 rings (SSSR count). The van der Waals surface area contributed by atoms with Gasteiger partial charge in [-0.15, -0.1) is 0 Å². The van der Waals surface area contributed by atoms with Crippen LogP contribution in [0.3, 0.4) is 0 Å². The third-order valence-electron chi connectivity index (χ3n) is 3.86. The van der Waals surface area contributed by atoms with Crippen LogP contribution in [0, 0.1) is 5.41 Å². The Morgan fingerprint density at radius 3 is 2.50 bits per heavy atom. The molecule has 1 aromatic heterocycles. The maximum atomic E-state index is 12.0. The van der Waals surface area contributed by atoms with Crippen molar-refractivity contribution >= 4 is 10.0 Å². The second-order valence-electron chi connectivity index (χ2n) is 5.08. The van der Waals surface area contributed by atoms with E-state index in [2.05, 4.69) is 9.71 Å². The highest BCUT2D eigenvalue weighted by Crippen LogP contribution is 2.24. The van der Waals surface area contributed by atoms with Gasteiger partial charge >= 0.3 is 0 Å². The van der Waals surface area contributed by atoms with Crippen molar-refractivity contribution in [3.63, 3.8) is 0 Å². The highest BCUT2D eigenvalue weighted by atomic mass is 32.2. The molecule has 1 heterocycles. The standard InChI is InChI=1S/C14H24N2O3S/c1-3-14(4-2,12-17)11-16-20(18,19)10-8-13-7-5-6-9-15-13/h5-7,9,16-17H,3-4,8,10-12H2,1-2H3. The zero-order valence-electron chi connectivity index (χ0n) is 12.2. The molecule has 0 saturated carbocycles. The second-order valence-corrected chi connectivity index (χ2v) is 7.00. The van der Waals surface area contributed by atoms with Crippen LogP contribution in [-0.4, -0.2) is 37.4 Å². The van der Waals surface area contributed by atoms with Gasteiger partial charge in [0.05, 0.1) is 5.75 Å². The number of hydrogen-bond acceptors (Lipinski definition) is 4. The summed E-state index contributed by atoms with van der Waals surface area (Å²) >= 11 is 0. The number of nitrogens with zero attached hydrogens (tertiary/aromatic N) is 1. The lowest BCUT2D eigenvalue weighted by Gasteiger charge is -2.29. The summed E-state index contributed by atoms with van der Waals surface area (Å²) < 4.78 is 26.6. The normalized spacial score (nSPS) is 12.6. The Labute approximate surface area is 121 Å². The molecular weight excluding hydrogens is 276 g/mol. The van der Waals surface area contributed by atoms with E-state index in [1.807, 2.05) is 26.0 Å². The fourth-order valence-electron chi connectivity index (χ4n) is 1.90. The molecule has 0 amide bonds. The van der Waals surface area contributed by atoms with Crippen molar-refractivity contribution in [1.82, 2.24) is 9.71 Å². The Morgan fingerprint density at radius 1 is 1.30 bits per heavy atom. The number of aromatic nitrogens is 1. The monoisotopic (exact) mass is 300 g/mol. The summed E-state index contributed by atoms with van der Waals surface area (Å²) in [6, 6.07) is 5.45. The van der Waals surface area contributed by atoms with Gasteiger partial charge in [-0.2, -0.15) is 0 Å². The summed E-state index contributed by atoms with van der Waals surface area (Å²) in [4.78, 5) is 4.11. The van der Waals surface area contributed by atoms with Gasteiger partial charge in [-0.3, -0.25) is 4.98 Å². The number of sulfonamides is 1. The lowest BCUT2D eigenvalue weighted by molar-refractivity contribution is 0.119. The Kier molecular flexibility index (Phi) is 6.58. The number of aryl methyl sites for hydroxylation is 1. The number of aliphatic hydroxyl groups excluding tert-OH is 1. The molecule has 2 N–H and O–H groups in total. The highest BCUT2D eigenvalue weighted by molar-refractivity contribution is 7.89. The summed E-state index contributed by atoms with van der Waals surface area (Å²) in [5.74, 6) is 0.0128. The van der Waals surface area contributed by atoms with Crippen LogP contribution in [0.2, 0.25) is 0 Å². The van der Waals surface area contributed by atoms with E-state index in [1.165, 1.54) is 0 Å². The topological polar surface area (TPSA) is 79.3 Å². The van der Waals surface area contributed by atoms with Crippen LogP contribution < -0.4 is 4.72 Å². The first-order valence-electron chi connectivity index (χ1n) is 6.95. The third kappa shape index (κ3) is 5.19. The molecule has 0 radical (unpaired) electrons. The lowest BCUT2D eigenvalue weighted by atomic mass is 9.84. The van der Waals surface area contributed by atoms with Crippen molar-refractivity contribution in [2.45, 2.75) is 33.1 Å². The Balaban J connectivity index is 2.53. The molecular formula is C14H24N2O3S. The van der Waals surface area contributed by atoms with E-state index in [9.17, 15) is 13.5 Å². The van der Waals surface area contributed by atoms with Gasteiger partial charge in [0.15, 0.2) is 0 Å². The van der Waals surface area contributed by atoms with Crippen LogP contribution >= 0.6 is 0 Å². The van der Waals surface area contributed by atoms with Crippen LogP contribution in [-0.2, 0) is 16.4 Å². The number of hydrogen-bond donors (Lipinski definition) is 2. The van der Waals surface area contributed by atoms with E-state index < -0.39 is 10.0 Å². The fourth-order valence-corrected chi connectivity index (χ4v) is 3.05. The summed E-state index contributed by atoms with van der Waals surface area (Å²) in [5, 5.41) is 9.44. The highest BCUT2D eigenvalue weighted by Gasteiger charge is 2.27. The van der Waals surface area contributed by atoms with E-state index in [4.69, 9.17) is 0 Å². The zero-order chi connectivity index (χ0) is 15.1. The van der Waals surface area contributed by atoms with Crippen LogP contribution in [0.15, 0.2) is 24.4 Å². The molecule has 0 aliphatic rings. The summed E-state index contributed by atoms with van der Waals surface area (Å²) in [5.41, 5.74) is 0.398. The van der Waals surface area contributed by atoms with Gasteiger partial charge in [-0.05, 0) is 25.0 Å². The minimum atomic E-state index is -3.34. The fraction of sp³-hybridized carbons (Fsp3) is 0.643. The number of rotatable bonds is 9. The summed E-state index contributed by atoms with van der Waals surface area (Å²) in [6.45, 7) is 4.19. The van der Waals surface area contributed by atoms with Gasteiger partial charge in [0.2, 0.25) is 10.0 Å². The maximum absolute atomic E-state index is 12.0. The average Bonchev–Trinajstić information content (AvgIpc) is 2.48. The maximum Gasteiger partial charge on any atom is 0.211 e. The molecule has 5 nitrogen and oxygen atoms in total.